The number of benzene rings is 1. The van der Waals surface area contributed by atoms with Crippen LogP contribution in [0, 0.1) is 0 Å². The van der Waals surface area contributed by atoms with Gasteiger partial charge in [-0.15, -0.1) is 0 Å². The molecule has 0 radical (unpaired) electrons. The third-order valence-electron chi connectivity index (χ3n) is 3.50. The molecule has 19 heavy (non-hydrogen) atoms. The second kappa shape index (κ2) is 5.40. The first kappa shape index (κ1) is 13.5. The molecule has 1 aliphatic rings. The van der Waals surface area contributed by atoms with Gasteiger partial charge in [-0.1, -0.05) is 18.2 Å². The molecule has 102 valence electrons. The van der Waals surface area contributed by atoms with Gasteiger partial charge in [-0.3, -0.25) is 9.59 Å². The van der Waals surface area contributed by atoms with Gasteiger partial charge in [-0.2, -0.15) is 0 Å². The molecule has 1 atom stereocenters. The molecular weight excluding hydrogens is 242 g/mol. The van der Waals surface area contributed by atoms with Crippen molar-refractivity contribution < 1.29 is 9.59 Å². The summed E-state index contributed by atoms with van der Waals surface area (Å²) in [6, 6.07) is 7.23. The van der Waals surface area contributed by atoms with Crippen molar-refractivity contribution in [2.45, 2.75) is 31.7 Å². The van der Waals surface area contributed by atoms with Crippen molar-refractivity contribution in [3.8, 4) is 0 Å². The Balaban J connectivity index is 2.14. The average Bonchev–Trinajstić information content (AvgIpc) is 2.79. The predicted molar refractivity (Wildman–Crippen MR) is 73.6 cm³/mol. The van der Waals surface area contributed by atoms with E-state index in [0.29, 0.717) is 5.69 Å². The topological polar surface area (TPSA) is 84.2 Å². The van der Waals surface area contributed by atoms with Gasteiger partial charge in [0.15, 0.2) is 0 Å². The van der Waals surface area contributed by atoms with Crippen molar-refractivity contribution in [3.05, 3.63) is 29.8 Å². The van der Waals surface area contributed by atoms with Crippen LogP contribution in [-0.2, 0) is 16.0 Å². The van der Waals surface area contributed by atoms with Gasteiger partial charge in [-0.05, 0) is 37.9 Å². The standard InChI is InChI=1S/C14H19N3O2/c1-14(7-4-8-16-14)13(19)17-11-6-3-2-5-10(11)9-12(15)18/h2-3,5-6,16H,4,7-9H2,1H3,(H2,15,18)(H,17,19). The Labute approximate surface area is 112 Å². The molecule has 1 aromatic carbocycles. The van der Waals surface area contributed by atoms with Crippen LogP contribution in [-0.4, -0.2) is 23.9 Å². The van der Waals surface area contributed by atoms with E-state index in [0.717, 1.165) is 24.9 Å². The zero-order valence-electron chi connectivity index (χ0n) is 11.0. The van der Waals surface area contributed by atoms with Gasteiger partial charge < -0.3 is 16.4 Å². The zero-order chi connectivity index (χ0) is 13.9. The molecule has 1 saturated heterocycles. The molecule has 1 unspecified atom stereocenters. The SMILES string of the molecule is CC1(C(=O)Nc2ccccc2CC(N)=O)CCCN1. The minimum Gasteiger partial charge on any atom is -0.369 e. The molecule has 1 aliphatic heterocycles. The number of nitrogens with one attached hydrogen (secondary N) is 2. The van der Waals surface area contributed by atoms with Crippen molar-refractivity contribution in [1.82, 2.24) is 5.32 Å². The molecule has 4 N–H and O–H groups in total. The van der Waals surface area contributed by atoms with Crippen LogP contribution in [0.4, 0.5) is 5.69 Å². The molecule has 0 bridgehead atoms. The summed E-state index contributed by atoms with van der Waals surface area (Å²) in [7, 11) is 0. The lowest BCUT2D eigenvalue weighted by Gasteiger charge is -2.23. The van der Waals surface area contributed by atoms with E-state index in [4.69, 9.17) is 5.73 Å². The summed E-state index contributed by atoms with van der Waals surface area (Å²) in [4.78, 5) is 23.3. The first-order chi connectivity index (χ1) is 9.01. The summed E-state index contributed by atoms with van der Waals surface area (Å²) in [6.45, 7) is 2.75. The number of nitrogens with two attached hydrogens (primary N) is 1. The summed E-state index contributed by atoms with van der Waals surface area (Å²) in [6.07, 6.45) is 1.93. The summed E-state index contributed by atoms with van der Waals surface area (Å²) >= 11 is 0. The fraction of sp³-hybridized carbons (Fsp3) is 0.429. The quantitative estimate of drug-likeness (QED) is 0.749. The molecule has 0 saturated carbocycles. The lowest BCUT2D eigenvalue weighted by atomic mass is 9.98. The molecule has 5 heteroatoms. The Morgan fingerprint density at radius 2 is 2.16 bits per heavy atom. The van der Waals surface area contributed by atoms with Crippen LogP contribution >= 0.6 is 0 Å². The van der Waals surface area contributed by atoms with Crippen LogP contribution in [0.5, 0.6) is 0 Å². The monoisotopic (exact) mass is 261 g/mol. The number of para-hydroxylation sites is 1. The Hall–Kier alpha value is -1.88. The molecule has 0 aliphatic carbocycles. The number of carbonyl (C=O) groups is 2. The van der Waals surface area contributed by atoms with E-state index in [1.807, 2.05) is 19.1 Å². The average molecular weight is 261 g/mol. The number of carbonyl (C=O) groups excluding carboxylic acids is 2. The zero-order valence-corrected chi connectivity index (χ0v) is 11.0. The van der Waals surface area contributed by atoms with Crippen LogP contribution in [0.1, 0.15) is 25.3 Å². The number of hydrogen-bond donors (Lipinski definition) is 3. The normalized spacial score (nSPS) is 22.2. The highest BCUT2D eigenvalue weighted by Gasteiger charge is 2.36. The number of primary amides is 1. The molecule has 0 aromatic heterocycles. The van der Waals surface area contributed by atoms with Gasteiger partial charge in [0.1, 0.15) is 0 Å². The molecule has 5 nitrogen and oxygen atoms in total. The third kappa shape index (κ3) is 3.12. The van der Waals surface area contributed by atoms with Gasteiger partial charge in [0.05, 0.1) is 12.0 Å². The summed E-state index contributed by atoms with van der Waals surface area (Å²) in [5, 5.41) is 6.10. The number of amides is 2. The Kier molecular flexibility index (Phi) is 3.85. The highest BCUT2D eigenvalue weighted by Crippen LogP contribution is 2.22. The van der Waals surface area contributed by atoms with E-state index in [-0.39, 0.29) is 12.3 Å². The molecule has 0 spiro atoms. The van der Waals surface area contributed by atoms with Gasteiger partial charge in [0.25, 0.3) is 0 Å². The largest absolute Gasteiger partial charge is 0.369 e. The van der Waals surface area contributed by atoms with E-state index in [1.165, 1.54) is 0 Å². The second-order valence-electron chi connectivity index (χ2n) is 5.12. The number of hydrogen-bond acceptors (Lipinski definition) is 3. The Bertz CT molecular complexity index is 493. The Morgan fingerprint density at radius 1 is 1.42 bits per heavy atom. The lowest BCUT2D eigenvalue weighted by Crippen LogP contribution is -2.48. The molecule has 2 rings (SSSR count). The molecule has 2 amide bonds. The van der Waals surface area contributed by atoms with Crippen LogP contribution < -0.4 is 16.4 Å². The highest BCUT2D eigenvalue weighted by atomic mass is 16.2. The summed E-state index contributed by atoms with van der Waals surface area (Å²) in [5.41, 5.74) is 6.07. The highest BCUT2D eigenvalue weighted by molar-refractivity contribution is 5.99. The predicted octanol–water partition coefficient (Wildman–Crippen LogP) is 0.795. The maximum Gasteiger partial charge on any atom is 0.244 e. The van der Waals surface area contributed by atoms with E-state index < -0.39 is 11.4 Å². The second-order valence-corrected chi connectivity index (χ2v) is 5.12. The summed E-state index contributed by atoms with van der Waals surface area (Å²) < 4.78 is 0. The molecule has 1 aromatic rings. The van der Waals surface area contributed by atoms with Gasteiger partial charge in [0, 0.05) is 5.69 Å². The summed E-state index contributed by atoms with van der Waals surface area (Å²) in [5.74, 6) is -0.478. The number of anilines is 1. The van der Waals surface area contributed by atoms with Crippen molar-refractivity contribution in [2.75, 3.05) is 11.9 Å². The fourth-order valence-corrected chi connectivity index (χ4v) is 2.33. The van der Waals surface area contributed by atoms with E-state index in [1.54, 1.807) is 12.1 Å². The van der Waals surface area contributed by atoms with E-state index >= 15 is 0 Å². The maximum absolute atomic E-state index is 12.3. The maximum atomic E-state index is 12.3. The minimum absolute atomic E-state index is 0.0677. The smallest absolute Gasteiger partial charge is 0.244 e. The fourth-order valence-electron chi connectivity index (χ4n) is 2.33. The van der Waals surface area contributed by atoms with Crippen LogP contribution in [0.3, 0.4) is 0 Å². The lowest BCUT2D eigenvalue weighted by molar-refractivity contribution is -0.121. The minimum atomic E-state index is -0.528. The van der Waals surface area contributed by atoms with Crippen LogP contribution in [0.2, 0.25) is 0 Å². The number of rotatable bonds is 4. The van der Waals surface area contributed by atoms with Crippen molar-refractivity contribution >= 4 is 17.5 Å². The van der Waals surface area contributed by atoms with Gasteiger partial charge in [0.2, 0.25) is 11.8 Å². The third-order valence-corrected chi connectivity index (χ3v) is 3.50. The van der Waals surface area contributed by atoms with Crippen molar-refractivity contribution in [2.24, 2.45) is 5.73 Å². The first-order valence-corrected chi connectivity index (χ1v) is 6.44. The first-order valence-electron chi connectivity index (χ1n) is 6.44. The molecule has 1 heterocycles. The van der Waals surface area contributed by atoms with Crippen molar-refractivity contribution in [3.63, 3.8) is 0 Å². The van der Waals surface area contributed by atoms with Gasteiger partial charge in [-0.25, -0.2) is 0 Å². The molecular formula is C14H19N3O2. The Morgan fingerprint density at radius 3 is 2.79 bits per heavy atom. The van der Waals surface area contributed by atoms with E-state index in [9.17, 15) is 9.59 Å². The van der Waals surface area contributed by atoms with Crippen LogP contribution in [0.15, 0.2) is 24.3 Å². The van der Waals surface area contributed by atoms with E-state index in [2.05, 4.69) is 10.6 Å². The molecule has 1 fully saturated rings. The van der Waals surface area contributed by atoms with Gasteiger partial charge >= 0.3 is 0 Å². The van der Waals surface area contributed by atoms with Crippen LogP contribution in [0.25, 0.3) is 0 Å². The van der Waals surface area contributed by atoms with Crippen molar-refractivity contribution in [1.29, 1.82) is 0 Å².